The minimum Gasteiger partial charge on any atom is -0.480 e. The van der Waals surface area contributed by atoms with Crippen LogP contribution in [0.1, 0.15) is 0 Å². The van der Waals surface area contributed by atoms with Gasteiger partial charge in [0, 0.05) is 53.9 Å². The number of hydrogen-bond acceptors (Lipinski definition) is 6. The molecule has 0 aromatic carbocycles. The van der Waals surface area contributed by atoms with Crippen LogP contribution in [0.15, 0.2) is 0 Å². The molecule has 0 amide bonds. The Morgan fingerprint density at radius 3 is 0.905 bits per heavy atom. The Morgan fingerprint density at radius 1 is 0.571 bits per heavy atom. The van der Waals surface area contributed by atoms with Gasteiger partial charge in [0.2, 0.25) is 0 Å². The summed E-state index contributed by atoms with van der Waals surface area (Å²) in [5.74, 6) is -4.91. The molecule has 0 saturated carbocycles. The normalized spacial score (nSPS) is 10.2. The molecule has 0 heterocycles. The van der Waals surface area contributed by atoms with Crippen molar-refractivity contribution in [2.75, 3.05) is 39.3 Å². The summed E-state index contributed by atoms with van der Waals surface area (Å²) in [7, 11) is 0. The van der Waals surface area contributed by atoms with E-state index >= 15 is 0 Å². The Bertz CT molecular complexity index is 321. The number of rotatable bonds is 11. The Morgan fingerprint density at radius 2 is 0.762 bits per heavy atom. The molecular weight excluding hydrogens is 420 g/mol. The van der Waals surface area contributed by atoms with Gasteiger partial charge < -0.3 is 20.4 Å². The molecule has 0 radical (unpaired) electrons. The third kappa shape index (κ3) is 13.9. The van der Waals surface area contributed by atoms with E-state index in [2.05, 4.69) is 0 Å². The molecule has 0 rings (SSSR count). The summed E-state index contributed by atoms with van der Waals surface area (Å²) in [5, 5.41) is 34.5. The van der Waals surface area contributed by atoms with Crippen LogP contribution in [-0.4, -0.2) is 93.4 Å². The minimum atomic E-state index is -1.23. The maximum atomic E-state index is 10.6. The molecule has 118 valence electrons. The number of nitrogens with zero attached hydrogens (tertiary/aromatic N) is 2. The topological polar surface area (TPSA) is 156 Å². The summed E-state index contributed by atoms with van der Waals surface area (Å²) >= 11 is 0. The fourth-order valence-electron chi connectivity index (χ4n) is 1.48. The Kier molecular flexibility index (Phi) is 12.6. The second-order valence-corrected chi connectivity index (χ2v) is 4.00. The Labute approximate surface area is 152 Å². The first-order valence-electron chi connectivity index (χ1n) is 5.52. The zero-order chi connectivity index (χ0) is 15.7. The summed E-state index contributed by atoms with van der Waals surface area (Å²) in [4.78, 5) is 44.4. The molecule has 0 saturated heterocycles. The number of carboxylic acids is 4. The summed E-state index contributed by atoms with van der Waals surface area (Å²) in [5.41, 5.74) is 0. The van der Waals surface area contributed by atoms with Crippen molar-refractivity contribution >= 4 is 23.9 Å². The van der Waals surface area contributed by atoms with Gasteiger partial charge in [-0.05, 0) is 0 Å². The molecule has 0 unspecified atom stereocenters. The largest absolute Gasteiger partial charge is 0.480 e. The Balaban J connectivity index is 0. The summed E-state index contributed by atoms with van der Waals surface area (Å²) in [6.45, 7) is -2.25. The van der Waals surface area contributed by atoms with Crippen LogP contribution in [0.25, 0.3) is 0 Å². The molecular formula is C10H16N2NdO8. The molecule has 11 heteroatoms. The number of carbonyl (C=O) groups is 4. The van der Waals surface area contributed by atoms with Crippen molar-refractivity contribution in [3.05, 3.63) is 0 Å². The quantitative estimate of drug-likeness (QED) is 0.284. The van der Waals surface area contributed by atoms with Crippen molar-refractivity contribution < 1.29 is 80.4 Å². The van der Waals surface area contributed by atoms with Gasteiger partial charge in [-0.1, -0.05) is 0 Å². The van der Waals surface area contributed by atoms with E-state index in [4.69, 9.17) is 20.4 Å². The third-order valence-corrected chi connectivity index (χ3v) is 2.17. The van der Waals surface area contributed by atoms with Gasteiger partial charge >= 0.3 is 23.9 Å². The second-order valence-electron chi connectivity index (χ2n) is 4.00. The van der Waals surface area contributed by atoms with Crippen molar-refractivity contribution in [3.8, 4) is 0 Å². The number of aliphatic carboxylic acids is 4. The van der Waals surface area contributed by atoms with Gasteiger partial charge in [0.1, 0.15) is 0 Å². The van der Waals surface area contributed by atoms with Gasteiger partial charge in [0.05, 0.1) is 26.2 Å². The second kappa shape index (κ2) is 11.8. The van der Waals surface area contributed by atoms with E-state index in [0.29, 0.717) is 0 Å². The number of carboxylic acid groups (broad SMARTS) is 4. The first-order valence-corrected chi connectivity index (χ1v) is 5.52. The molecule has 0 bridgehead atoms. The van der Waals surface area contributed by atoms with Crippen molar-refractivity contribution in [1.29, 1.82) is 0 Å². The van der Waals surface area contributed by atoms with Crippen LogP contribution in [-0.2, 0) is 19.2 Å². The first-order chi connectivity index (χ1) is 9.20. The minimum absolute atomic E-state index is 0. The van der Waals surface area contributed by atoms with Crippen molar-refractivity contribution in [2.24, 2.45) is 0 Å². The molecule has 0 aliphatic carbocycles. The average molecular weight is 436 g/mol. The van der Waals surface area contributed by atoms with Crippen molar-refractivity contribution in [1.82, 2.24) is 9.80 Å². The van der Waals surface area contributed by atoms with E-state index in [1.54, 1.807) is 0 Å². The smallest absolute Gasteiger partial charge is 0.317 e. The fourth-order valence-corrected chi connectivity index (χ4v) is 1.48. The van der Waals surface area contributed by atoms with Gasteiger partial charge in [0.25, 0.3) is 0 Å². The zero-order valence-electron chi connectivity index (χ0n) is 11.1. The van der Waals surface area contributed by atoms with E-state index in [-0.39, 0.29) is 53.9 Å². The van der Waals surface area contributed by atoms with E-state index in [0.717, 1.165) is 9.80 Å². The fraction of sp³-hybridized carbons (Fsp3) is 0.600. The third-order valence-electron chi connectivity index (χ3n) is 2.17. The zero-order valence-corrected chi connectivity index (χ0v) is 14.3. The molecule has 10 nitrogen and oxygen atoms in total. The van der Waals surface area contributed by atoms with Crippen molar-refractivity contribution in [3.63, 3.8) is 0 Å². The molecule has 0 aromatic rings. The van der Waals surface area contributed by atoms with Crippen LogP contribution in [0.4, 0.5) is 0 Å². The van der Waals surface area contributed by atoms with Crippen LogP contribution in [0.2, 0.25) is 0 Å². The van der Waals surface area contributed by atoms with Crippen LogP contribution in [0.5, 0.6) is 0 Å². The SMILES string of the molecule is O=C(O)CN(CCN(CC(=O)O)CC(=O)O)CC(=O)O.[Nd]. The molecule has 0 fully saturated rings. The molecule has 4 N–H and O–H groups in total. The summed E-state index contributed by atoms with van der Waals surface area (Å²) < 4.78 is 0. The van der Waals surface area contributed by atoms with Gasteiger partial charge in [0.15, 0.2) is 0 Å². The molecule has 0 aliphatic rings. The van der Waals surface area contributed by atoms with Crippen LogP contribution in [0.3, 0.4) is 0 Å². The van der Waals surface area contributed by atoms with Gasteiger partial charge in [-0.3, -0.25) is 29.0 Å². The maximum Gasteiger partial charge on any atom is 0.317 e. The Hall–Kier alpha value is -0.849. The van der Waals surface area contributed by atoms with Gasteiger partial charge in [-0.15, -0.1) is 0 Å². The first kappa shape index (κ1) is 22.4. The standard InChI is InChI=1S/C10H16N2O8.Nd/c13-7(14)3-11(4-8(15)16)1-2-12(5-9(17)18)6-10(19)20;/h1-6H2,(H,13,14)(H,15,16)(H,17,18)(H,19,20);. The summed E-state index contributed by atoms with van der Waals surface area (Å²) in [6.07, 6.45) is 0. The van der Waals surface area contributed by atoms with Crippen LogP contribution >= 0.6 is 0 Å². The monoisotopic (exact) mass is 434 g/mol. The van der Waals surface area contributed by atoms with E-state index in [9.17, 15) is 19.2 Å². The average Bonchev–Trinajstić information content (AvgIpc) is 2.22. The maximum absolute atomic E-state index is 10.6. The molecule has 0 atom stereocenters. The van der Waals surface area contributed by atoms with Crippen LogP contribution in [0, 0.1) is 40.8 Å². The van der Waals surface area contributed by atoms with Crippen molar-refractivity contribution in [2.45, 2.75) is 0 Å². The summed E-state index contributed by atoms with van der Waals surface area (Å²) in [6, 6.07) is 0. The molecule has 0 aromatic heterocycles. The van der Waals surface area contributed by atoms with E-state index in [1.807, 2.05) is 0 Å². The van der Waals surface area contributed by atoms with Crippen LogP contribution < -0.4 is 0 Å². The molecule has 21 heavy (non-hydrogen) atoms. The predicted molar refractivity (Wildman–Crippen MR) is 63.4 cm³/mol. The van der Waals surface area contributed by atoms with E-state index < -0.39 is 50.1 Å². The molecule has 0 spiro atoms. The van der Waals surface area contributed by atoms with Gasteiger partial charge in [-0.2, -0.15) is 0 Å². The number of hydrogen-bond donors (Lipinski definition) is 4. The molecule has 0 aliphatic heterocycles. The predicted octanol–water partition coefficient (Wildman–Crippen LogP) is -2.07. The van der Waals surface area contributed by atoms with E-state index in [1.165, 1.54) is 0 Å². The van der Waals surface area contributed by atoms with Gasteiger partial charge in [-0.25, -0.2) is 0 Å².